The lowest BCUT2D eigenvalue weighted by Gasteiger charge is -1.96. The molecule has 6 heteroatoms. The second-order valence-corrected chi connectivity index (χ2v) is 3.36. The van der Waals surface area contributed by atoms with Crippen molar-refractivity contribution in [3.05, 3.63) is 29.8 Å². The molecule has 0 atom stereocenters. The highest BCUT2D eigenvalue weighted by atomic mass is 16.5. The van der Waals surface area contributed by atoms with E-state index in [9.17, 15) is 4.79 Å². The molecule has 2 aromatic rings. The zero-order valence-corrected chi connectivity index (χ0v) is 9.10. The van der Waals surface area contributed by atoms with Gasteiger partial charge in [0.25, 0.3) is 5.91 Å². The summed E-state index contributed by atoms with van der Waals surface area (Å²) in [5, 5.41) is 10.3. The molecular formula is C10H12N4O2. The van der Waals surface area contributed by atoms with E-state index in [0.29, 0.717) is 17.1 Å². The lowest BCUT2D eigenvalue weighted by atomic mass is 10.3. The molecule has 0 unspecified atom stereocenters. The topological polar surface area (TPSA) is 73.0 Å². The maximum absolute atomic E-state index is 11.7. The van der Waals surface area contributed by atoms with Crippen molar-refractivity contribution in [2.45, 2.75) is 20.4 Å². The van der Waals surface area contributed by atoms with Gasteiger partial charge in [-0.2, -0.15) is 5.10 Å². The Morgan fingerprint density at radius 1 is 1.62 bits per heavy atom. The van der Waals surface area contributed by atoms with Crippen molar-refractivity contribution in [3.8, 4) is 0 Å². The molecule has 0 fully saturated rings. The van der Waals surface area contributed by atoms with Crippen LogP contribution in [0, 0.1) is 6.92 Å². The smallest absolute Gasteiger partial charge is 0.260 e. The molecule has 0 spiro atoms. The van der Waals surface area contributed by atoms with Crippen LogP contribution in [0.25, 0.3) is 0 Å². The molecule has 2 aromatic heterocycles. The molecule has 0 saturated heterocycles. The van der Waals surface area contributed by atoms with Crippen LogP contribution < -0.4 is 5.32 Å². The van der Waals surface area contributed by atoms with Crippen LogP contribution in [0.5, 0.6) is 0 Å². The summed E-state index contributed by atoms with van der Waals surface area (Å²) in [6, 6.07) is 1.65. The second-order valence-electron chi connectivity index (χ2n) is 3.36. The van der Waals surface area contributed by atoms with E-state index in [-0.39, 0.29) is 5.91 Å². The molecule has 0 aliphatic rings. The zero-order valence-electron chi connectivity index (χ0n) is 9.10. The SMILES string of the molecule is CCn1cc(C(=O)Nc2cc(C)on2)cn1. The van der Waals surface area contributed by atoms with Crippen LogP contribution in [0.4, 0.5) is 5.82 Å². The number of rotatable bonds is 3. The molecule has 1 amide bonds. The van der Waals surface area contributed by atoms with Crippen molar-refractivity contribution in [1.29, 1.82) is 0 Å². The summed E-state index contributed by atoms with van der Waals surface area (Å²) in [6.45, 7) is 4.45. The summed E-state index contributed by atoms with van der Waals surface area (Å²) in [4.78, 5) is 11.7. The van der Waals surface area contributed by atoms with E-state index in [1.807, 2.05) is 6.92 Å². The van der Waals surface area contributed by atoms with E-state index >= 15 is 0 Å². The van der Waals surface area contributed by atoms with Gasteiger partial charge in [0.15, 0.2) is 5.82 Å². The first kappa shape index (κ1) is 10.4. The van der Waals surface area contributed by atoms with E-state index in [1.165, 1.54) is 6.20 Å². The number of aromatic nitrogens is 3. The minimum Gasteiger partial charge on any atom is -0.360 e. The van der Waals surface area contributed by atoms with E-state index in [2.05, 4.69) is 15.6 Å². The van der Waals surface area contributed by atoms with Crippen LogP contribution >= 0.6 is 0 Å². The number of hydrogen-bond acceptors (Lipinski definition) is 4. The first-order chi connectivity index (χ1) is 7.69. The molecule has 0 aliphatic carbocycles. The number of anilines is 1. The number of nitrogens with zero attached hydrogens (tertiary/aromatic N) is 3. The van der Waals surface area contributed by atoms with Gasteiger partial charge in [0, 0.05) is 18.8 Å². The average Bonchev–Trinajstić information content (AvgIpc) is 2.87. The lowest BCUT2D eigenvalue weighted by molar-refractivity contribution is 0.102. The van der Waals surface area contributed by atoms with Crippen LogP contribution in [0.15, 0.2) is 23.0 Å². The van der Waals surface area contributed by atoms with Gasteiger partial charge < -0.3 is 9.84 Å². The van der Waals surface area contributed by atoms with Gasteiger partial charge in [-0.3, -0.25) is 9.48 Å². The predicted octanol–water partition coefficient (Wildman–Crippen LogP) is 1.45. The van der Waals surface area contributed by atoms with Crippen molar-refractivity contribution in [2.75, 3.05) is 5.32 Å². The van der Waals surface area contributed by atoms with Gasteiger partial charge in [-0.05, 0) is 13.8 Å². The van der Waals surface area contributed by atoms with Crippen molar-refractivity contribution in [2.24, 2.45) is 0 Å². The molecule has 2 heterocycles. The first-order valence-electron chi connectivity index (χ1n) is 4.96. The third-order valence-electron chi connectivity index (χ3n) is 2.09. The van der Waals surface area contributed by atoms with Gasteiger partial charge in [0.2, 0.25) is 0 Å². The highest BCUT2D eigenvalue weighted by Crippen LogP contribution is 2.09. The third kappa shape index (κ3) is 2.10. The lowest BCUT2D eigenvalue weighted by Crippen LogP contribution is -2.11. The molecule has 6 nitrogen and oxygen atoms in total. The highest BCUT2D eigenvalue weighted by Gasteiger charge is 2.10. The number of aryl methyl sites for hydroxylation is 2. The molecule has 2 rings (SSSR count). The summed E-state index contributed by atoms with van der Waals surface area (Å²) in [5.74, 6) is 0.819. The number of carbonyl (C=O) groups is 1. The van der Waals surface area contributed by atoms with Crippen molar-refractivity contribution >= 4 is 11.7 Å². The number of amides is 1. The maximum atomic E-state index is 11.7. The summed E-state index contributed by atoms with van der Waals surface area (Å²) in [7, 11) is 0. The Morgan fingerprint density at radius 3 is 3.00 bits per heavy atom. The van der Waals surface area contributed by atoms with E-state index in [1.54, 1.807) is 23.9 Å². The van der Waals surface area contributed by atoms with Gasteiger partial charge in [-0.25, -0.2) is 0 Å². The van der Waals surface area contributed by atoms with E-state index in [0.717, 1.165) is 6.54 Å². The third-order valence-corrected chi connectivity index (χ3v) is 2.09. The normalized spacial score (nSPS) is 10.4. The zero-order chi connectivity index (χ0) is 11.5. The van der Waals surface area contributed by atoms with Crippen molar-refractivity contribution in [1.82, 2.24) is 14.9 Å². The second kappa shape index (κ2) is 4.18. The molecule has 0 aliphatic heterocycles. The molecule has 0 radical (unpaired) electrons. The molecule has 16 heavy (non-hydrogen) atoms. The molecular weight excluding hydrogens is 208 g/mol. The summed E-state index contributed by atoms with van der Waals surface area (Å²) in [5.41, 5.74) is 0.502. The maximum Gasteiger partial charge on any atom is 0.260 e. The quantitative estimate of drug-likeness (QED) is 0.849. The number of hydrogen-bond donors (Lipinski definition) is 1. The standard InChI is InChI=1S/C10H12N4O2/c1-3-14-6-8(5-11-14)10(15)12-9-4-7(2)16-13-9/h4-6H,3H2,1-2H3,(H,12,13,15). The summed E-state index contributed by atoms with van der Waals surface area (Å²) in [6.07, 6.45) is 3.20. The van der Waals surface area contributed by atoms with Crippen molar-refractivity contribution < 1.29 is 9.32 Å². The Morgan fingerprint density at radius 2 is 2.44 bits per heavy atom. The van der Waals surface area contributed by atoms with Crippen molar-refractivity contribution in [3.63, 3.8) is 0 Å². The Labute approximate surface area is 92.2 Å². The minimum absolute atomic E-state index is 0.243. The predicted molar refractivity (Wildman–Crippen MR) is 57.1 cm³/mol. The molecule has 84 valence electrons. The van der Waals surface area contributed by atoms with Crippen LogP contribution in [-0.4, -0.2) is 20.8 Å². The molecule has 1 N–H and O–H groups in total. The van der Waals surface area contributed by atoms with Crippen LogP contribution in [0.1, 0.15) is 23.0 Å². The fraction of sp³-hybridized carbons (Fsp3) is 0.300. The minimum atomic E-state index is -0.243. The van der Waals surface area contributed by atoms with E-state index < -0.39 is 0 Å². The van der Waals surface area contributed by atoms with Crippen LogP contribution in [-0.2, 0) is 6.54 Å². The average molecular weight is 220 g/mol. The van der Waals surface area contributed by atoms with Crippen LogP contribution in [0.2, 0.25) is 0 Å². The Hall–Kier alpha value is -2.11. The van der Waals surface area contributed by atoms with E-state index in [4.69, 9.17) is 4.52 Å². The summed E-state index contributed by atoms with van der Waals surface area (Å²) < 4.78 is 6.53. The summed E-state index contributed by atoms with van der Waals surface area (Å²) >= 11 is 0. The van der Waals surface area contributed by atoms with Crippen LogP contribution in [0.3, 0.4) is 0 Å². The fourth-order valence-corrected chi connectivity index (χ4v) is 1.27. The first-order valence-corrected chi connectivity index (χ1v) is 4.96. The Balaban J connectivity index is 2.08. The highest BCUT2D eigenvalue weighted by molar-refractivity contribution is 6.03. The Kier molecular flexibility index (Phi) is 2.72. The largest absolute Gasteiger partial charge is 0.360 e. The number of carbonyl (C=O) groups excluding carboxylic acids is 1. The van der Waals surface area contributed by atoms with Gasteiger partial charge in [-0.15, -0.1) is 0 Å². The van der Waals surface area contributed by atoms with Gasteiger partial charge in [0.05, 0.1) is 11.8 Å². The monoisotopic (exact) mass is 220 g/mol. The molecule has 0 aromatic carbocycles. The molecule has 0 saturated carbocycles. The van der Waals surface area contributed by atoms with Gasteiger partial charge >= 0.3 is 0 Å². The number of nitrogens with one attached hydrogen (secondary N) is 1. The molecule has 0 bridgehead atoms. The van der Waals surface area contributed by atoms with Gasteiger partial charge in [-0.1, -0.05) is 5.16 Å². The van der Waals surface area contributed by atoms with Gasteiger partial charge in [0.1, 0.15) is 5.76 Å². The Bertz CT molecular complexity index is 500. The fourth-order valence-electron chi connectivity index (χ4n) is 1.27.